The first-order valence-corrected chi connectivity index (χ1v) is 6.36. The SMILES string of the molecule is CC(C)c1ccc(-c2cc(F)c(C(F)(F)F)c(F)c2)cc1. The van der Waals surface area contributed by atoms with Gasteiger partial charge in [0.1, 0.15) is 17.2 Å². The number of alkyl halides is 3. The van der Waals surface area contributed by atoms with Gasteiger partial charge in [0.05, 0.1) is 0 Å². The molecule has 2 aromatic rings. The number of hydrogen-bond acceptors (Lipinski definition) is 0. The van der Waals surface area contributed by atoms with Crippen LogP contribution in [0.4, 0.5) is 22.0 Å². The molecule has 0 saturated heterocycles. The predicted octanol–water partition coefficient (Wildman–Crippen LogP) is 5.77. The van der Waals surface area contributed by atoms with Crippen molar-refractivity contribution in [2.24, 2.45) is 0 Å². The Balaban J connectivity index is 2.47. The van der Waals surface area contributed by atoms with E-state index in [0.717, 1.165) is 5.56 Å². The van der Waals surface area contributed by atoms with Crippen molar-refractivity contribution in [3.8, 4) is 11.1 Å². The first-order valence-electron chi connectivity index (χ1n) is 6.36. The van der Waals surface area contributed by atoms with Crippen LogP contribution in [0.1, 0.15) is 30.9 Å². The number of hydrogen-bond donors (Lipinski definition) is 0. The summed E-state index contributed by atoms with van der Waals surface area (Å²) in [4.78, 5) is 0. The summed E-state index contributed by atoms with van der Waals surface area (Å²) in [6.45, 7) is 3.99. The molecule has 0 saturated carbocycles. The van der Waals surface area contributed by atoms with Gasteiger partial charge in [-0.05, 0) is 34.7 Å². The minimum Gasteiger partial charge on any atom is -0.206 e. The zero-order valence-corrected chi connectivity index (χ0v) is 11.4. The van der Waals surface area contributed by atoms with E-state index in [-0.39, 0.29) is 5.56 Å². The lowest BCUT2D eigenvalue weighted by Gasteiger charge is -2.12. The second kappa shape index (κ2) is 5.47. The van der Waals surface area contributed by atoms with Gasteiger partial charge < -0.3 is 0 Å². The zero-order chi connectivity index (χ0) is 15.8. The van der Waals surface area contributed by atoms with Crippen LogP contribution in [0.5, 0.6) is 0 Å². The van der Waals surface area contributed by atoms with Crippen molar-refractivity contribution in [2.45, 2.75) is 25.9 Å². The van der Waals surface area contributed by atoms with Crippen LogP contribution >= 0.6 is 0 Å². The summed E-state index contributed by atoms with van der Waals surface area (Å²) < 4.78 is 64.6. The van der Waals surface area contributed by atoms with Crippen molar-refractivity contribution in [3.05, 3.63) is 59.2 Å². The topological polar surface area (TPSA) is 0 Å². The van der Waals surface area contributed by atoms with E-state index in [1.54, 1.807) is 24.3 Å². The molecule has 0 amide bonds. The largest absolute Gasteiger partial charge is 0.422 e. The third-order valence-corrected chi connectivity index (χ3v) is 3.24. The molecule has 5 heteroatoms. The van der Waals surface area contributed by atoms with Crippen molar-refractivity contribution in [1.82, 2.24) is 0 Å². The molecule has 0 spiro atoms. The van der Waals surface area contributed by atoms with E-state index >= 15 is 0 Å². The van der Waals surface area contributed by atoms with Gasteiger partial charge in [-0.3, -0.25) is 0 Å². The molecular formula is C16H13F5. The molecule has 0 bridgehead atoms. The van der Waals surface area contributed by atoms with Crippen molar-refractivity contribution in [2.75, 3.05) is 0 Å². The van der Waals surface area contributed by atoms with Crippen molar-refractivity contribution >= 4 is 0 Å². The van der Waals surface area contributed by atoms with Crippen LogP contribution in [0.15, 0.2) is 36.4 Å². The summed E-state index contributed by atoms with van der Waals surface area (Å²) in [5, 5.41) is 0. The molecule has 0 unspecified atom stereocenters. The van der Waals surface area contributed by atoms with Crippen LogP contribution < -0.4 is 0 Å². The van der Waals surface area contributed by atoms with E-state index in [1.165, 1.54) is 0 Å². The van der Waals surface area contributed by atoms with Crippen LogP contribution in [-0.2, 0) is 6.18 Å². The number of halogens is 5. The van der Waals surface area contributed by atoms with Crippen molar-refractivity contribution in [3.63, 3.8) is 0 Å². The fourth-order valence-electron chi connectivity index (χ4n) is 2.07. The van der Waals surface area contributed by atoms with Crippen molar-refractivity contribution < 1.29 is 22.0 Å². The zero-order valence-electron chi connectivity index (χ0n) is 11.4. The lowest BCUT2D eigenvalue weighted by molar-refractivity contribution is -0.142. The molecule has 2 aromatic carbocycles. The Labute approximate surface area is 119 Å². The molecule has 0 heterocycles. The minimum atomic E-state index is -5.05. The maximum atomic E-state index is 13.5. The average Bonchev–Trinajstić information content (AvgIpc) is 2.36. The molecule has 0 atom stereocenters. The van der Waals surface area contributed by atoms with Crippen LogP contribution in [-0.4, -0.2) is 0 Å². The van der Waals surface area contributed by atoms with Gasteiger partial charge in [-0.2, -0.15) is 13.2 Å². The van der Waals surface area contributed by atoms with E-state index in [2.05, 4.69) is 0 Å². The highest BCUT2D eigenvalue weighted by atomic mass is 19.4. The number of rotatable bonds is 2. The monoisotopic (exact) mass is 300 g/mol. The van der Waals surface area contributed by atoms with E-state index in [9.17, 15) is 22.0 Å². The maximum Gasteiger partial charge on any atom is 0.422 e. The molecule has 0 aliphatic carbocycles. The van der Waals surface area contributed by atoms with Crippen LogP contribution in [0.2, 0.25) is 0 Å². The first kappa shape index (κ1) is 15.5. The van der Waals surface area contributed by atoms with Gasteiger partial charge in [0.25, 0.3) is 0 Å². The average molecular weight is 300 g/mol. The molecule has 2 rings (SSSR count). The Morgan fingerprint density at radius 1 is 0.810 bits per heavy atom. The molecule has 0 fully saturated rings. The van der Waals surface area contributed by atoms with E-state index in [1.807, 2.05) is 13.8 Å². The second-order valence-corrected chi connectivity index (χ2v) is 5.09. The third-order valence-electron chi connectivity index (χ3n) is 3.24. The fraction of sp³-hybridized carbons (Fsp3) is 0.250. The molecule has 0 aromatic heterocycles. The summed E-state index contributed by atoms with van der Waals surface area (Å²) in [5.74, 6) is -2.92. The van der Waals surface area contributed by atoms with Gasteiger partial charge in [-0.15, -0.1) is 0 Å². The van der Waals surface area contributed by atoms with Crippen LogP contribution in [0, 0.1) is 11.6 Å². The molecule has 0 N–H and O–H groups in total. The fourth-order valence-corrected chi connectivity index (χ4v) is 2.07. The quantitative estimate of drug-likeness (QED) is 0.617. The minimum absolute atomic E-state index is 0.0771. The van der Waals surface area contributed by atoms with Gasteiger partial charge in [0.2, 0.25) is 0 Å². The Bertz CT molecular complexity index is 616. The molecule has 0 radical (unpaired) electrons. The Hall–Kier alpha value is -1.91. The molecular weight excluding hydrogens is 287 g/mol. The van der Waals surface area contributed by atoms with Crippen LogP contribution in [0.3, 0.4) is 0 Å². The van der Waals surface area contributed by atoms with Crippen LogP contribution in [0.25, 0.3) is 11.1 Å². The van der Waals surface area contributed by atoms with Gasteiger partial charge in [0.15, 0.2) is 0 Å². The summed E-state index contributed by atoms with van der Waals surface area (Å²) >= 11 is 0. The Morgan fingerprint density at radius 2 is 1.29 bits per heavy atom. The van der Waals surface area contributed by atoms with Gasteiger partial charge in [0, 0.05) is 0 Å². The predicted molar refractivity (Wildman–Crippen MR) is 70.9 cm³/mol. The lowest BCUT2D eigenvalue weighted by Crippen LogP contribution is -2.11. The summed E-state index contributed by atoms with van der Waals surface area (Å²) in [5.41, 5.74) is -0.282. The molecule has 0 aliphatic rings. The third kappa shape index (κ3) is 3.23. The summed E-state index contributed by atoms with van der Waals surface area (Å²) in [6, 6.07) is 8.25. The smallest absolute Gasteiger partial charge is 0.206 e. The second-order valence-electron chi connectivity index (χ2n) is 5.09. The molecule has 21 heavy (non-hydrogen) atoms. The highest BCUT2D eigenvalue weighted by Crippen LogP contribution is 2.36. The Kier molecular flexibility index (Phi) is 4.03. The lowest BCUT2D eigenvalue weighted by atomic mass is 9.98. The highest BCUT2D eigenvalue weighted by Gasteiger charge is 2.37. The van der Waals surface area contributed by atoms with Gasteiger partial charge >= 0.3 is 6.18 Å². The van der Waals surface area contributed by atoms with Crippen molar-refractivity contribution in [1.29, 1.82) is 0 Å². The normalized spacial score (nSPS) is 12.0. The van der Waals surface area contributed by atoms with E-state index in [0.29, 0.717) is 23.6 Å². The highest BCUT2D eigenvalue weighted by molar-refractivity contribution is 5.64. The molecule has 112 valence electrons. The van der Waals surface area contributed by atoms with E-state index < -0.39 is 23.4 Å². The molecule has 0 nitrogen and oxygen atoms in total. The first-order chi connectivity index (χ1) is 9.70. The summed E-state index contributed by atoms with van der Waals surface area (Å²) in [7, 11) is 0. The maximum absolute atomic E-state index is 13.5. The van der Waals surface area contributed by atoms with E-state index in [4.69, 9.17) is 0 Å². The number of benzene rings is 2. The molecule has 0 aliphatic heterocycles. The Morgan fingerprint density at radius 3 is 1.67 bits per heavy atom. The van der Waals surface area contributed by atoms with Gasteiger partial charge in [-0.1, -0.05) is 38.1 Å². The standard InChI is InChI=1S/C16H13F5/c1-9(2)10-3-5-11(6-4-10)12-7-13(17)15(14(18)8-12)16(19,20)21/h3-9H,1-2H3. The van der Waals surface area contributed by atoms with Gasteiger partial charge in [-0.25, -0.2) is 8.78 Å². The summed E-state index contributed by atoms with van der Waals surface area (Å²) in [6.07, 6.45) is -5.05.